The first-order valence-electron chi connectivity index (χ1n) is 8.42. The molecule has 0 radical (unpaired) electrons. The van der Waals surface area contributed by atoms with Gasteiger partial charge in [-0.25, -0.2) is 4.98 Å². The number of benzene rings is 1. The zero-order chi connectivity index (χ0) is 15.6. The van der Waals surface area contributed by atoms with Gasteiger partial charge in [0, 0.05) is 31.4 Å². The van der Waals surface area contributed by atoms with Crippen LogP contribution in [0.2, 0.25) is 0 Å². The summed E-state index contributed by atoms with van der Waals surface area (Å²) in [5, 5.41) is 3.67. The zero-order valence-corrected chi connectivity index (χ0v) is 13.5. The molecule has 0 saturated carbocycles. The lowest BCUT2D eigenvalue weighted by molar-refractivity contribution is 0.171. The average molecular weight is 313 g/mol. The van der Waals surface area contributed by atoms with Crippen molar-refractivity contribution in [1.82, 2.24) is 14.9 Å². The molecule has 122 valence electrons. The van der Waals surface area contributed by atoms with E-state index in [-0.39, 0.29) is 0 Å². The average Bonchev–Trinajstić information content (AvgIpc) is 3.07. The van der Waals surface area contributed by atoms with E-state index < -0.39 is 0 Å². The first-order chi connectivity index (χ1) is 11.3. The van der Waals surface area contributed by atoms with Crippen molar-refractivity contribution >= 4 is 0 Å². The number of aromatic nitrogens is 2. The fourth-order valence-electron chi connectivity index (χ4n) is 3.38. The van der Waals surface area contributed by atoms with Gasteiger partial charge in [0.1, 0.15) is 19.0 Å². The molecule has 0 fully saturated rings. The molecule has 2 aliphatic rings. The van der Waals surface area contributed by atoms with Crippen LogP contribution in [0.4, 0.5) is 0 Å². The number of imidazole rings is 1. The van der Waals surface area contributed by atoms with Gasteiger partial charge in [0.05, 0.1) is 0 Å². The topological polar surface area (TPSA) is 48.3 Å². The van der Waals surface area contributed by atoms with Gasteiger partial charge in [0.25, 0.3) is 0 Å². The van der Waals surface area contributed by atoms with Crippen LogP contribution >= 0.6 is 0 Å². The Bertz CT molecular complexity index is 683. The molecule has 23 heavy (non-hydrogen) atoms. The third kappa shape index (κ3) is 3.06. The van der Waals surface area contributed by atoms with E-state index in [9.17, 15) is 0 Å². The summed E-state index contributed by atoms with van der Waals surface area (Å²) in [6.07, 6.45) is 6.26. The molecule has 2 aromatic rings. The fraction of sp³-hybridized carbons (Fsp3) is 0.500. The van der Waals surface area contributed by atoms with Gasteiger partial charge in [-0.1, -0.05) is 6.07 Å². The summed E-state index contributed by atoms with van der Waals surface area (Å²) in [4.78, 5) is 4.45. The molecular formula is C18H23N3O2. The number of aryl methyl sites for hydroxylation is 1. The van der Waals surface area contributed by atoms with E-state index in [1.807, 2.05) is 12.3 Å². The molecule has 1 N–H and O–H groups in total. The van der Waals surface area contributed by atoms with E-state index in [4.69, 9.17) is 9.47 Å². The minimum atomic E-state index is 0.299. The summed E-state index contributed by atoms with van der Waals surface area (Å²) in [6.45, 7) is 5.57. The predicted molar refractivity (Wildman–Crippen MR) is 87.9 cm³/mol. The van der Waals surface area contributed by atoms with Crippen molar-refractivity contribution in [3.05, 3.63) is 42.0 Å². The summed E-state index contributed by atoms with van der Waals surface area (Å²) >= 11 is 0. The molecular weight excluding hydrogens is 290 g/mol. The second-order valence-electron chi connectivity index (χ2n) is 6.43. The summed E-state index contributed by atoms with van der Waals surface area (Å²) in [5.41, 5.74) is 1.24. The SMILES string of the molecule is CC(NCC1CCn2ccnc2C1)c1ccc2c(c1)OCCO2. The van der Waals surface area contributed by atoms with Crippen LogP contribution in [-0.4, -0.2) is 29.3 Å². The Labute approximate surface area is 136 Å². The van der Waals surface area contributed by atoms with Crippen LogP contribution in [0, 0.1) is 5.92 Å². The summed E-state index contributed by atoms with van der Waals surface area (Å²) in [5.74, 6) is 3.59. The molecule has 5 heteroatoms. The van der Waals surface area contributed by atoms with Crippen molar-refractivity contribution in [2.75, 3.05) is 19.8 Å². The van der Waals surface area contributed by atoms with Crippen LogP contribution in [0.15, 0.2) is 30.6 Å². The fourth-order valence-corrected chi connectivity index (χ4v) is 3.38. The first kappa shape index (κ1) is 14.6. The first-order valence-corrected chi connectivity index (χ1v) is 8.42. The number of hydrogen-bond acceptors (Lipinski definition) is 4. The molecule has 0 amide bonds. The second-order valence-corrected chi connectivity index (χ2v) is 6.43. The maximum atomic E-state index is 5.68. The van der Waals surface area contributed by atoms with Gasteiger partial charge in [-0.2, -0.15) is 0 Å². The van der Waals surface area contributed by atoms with E-state index in [1.165, 1.54) is 17.8 Å². The molecule has 0 spiro atoms. The Hall–Kier alpha value is -2.01. The second kappa shape index (κ2) is 6.24. The lowest BCUT2D eigenvalue weighted by Gasteiger charge is -2.26. The van der Waals surface area contributed by atoms with E-state index in [0.29, 0.717) is 25.2 Å². The Kier molecular flexibility index (Phi) is 3.95. The quantitative estimate of drug-likeness (QED) is 0.942. The van der Waals surface area contributed by atoms with Crippen LogP contribution < -0.4 is 14.8 Å². The zero-order valence-electron chi connectivity index (χ0n) is 13.5. The summed E-state index contributed by atoms with van der Waals surface area (Å²) < 4.78 is 13.5. The van der Waals surface area contributed by atoms with Gasteiger partial charge in [-0.15, -0.1) is 0 Å². The van der Waals surface area contributed by atoms with Crippen molar-refractivity contribution in [3.63, 3.8) is 0 Å². The van der Waals surface area contributed by atoms with Gasteiger partial charge < -0.3 is 19.4 Å². The minimum Gasteiger partial charge on any atom is -0.486 e. The lowest BCUT2D eigenvalue weighted by atomic mass is 9.97. The standard InChI is InChI=1S/C18H23N3O2/c1-13(15-2-3-16-17(11-15)23-9-8-22-16)20-12-14-4-6-21-7-5-19-18(21)10-14/h2-3,5,7,11,13-14,20H,4,6,8-10,12H2,1H3. The molecule has 0 bridgehead atoms. The largest absolute Gasteiger partial charge is 0.486 e. The minimum absolute atomic E-state index is 0.299. The maximum absolute atomic E-state index is 5.68. The van der Waals surface area contributed by atoms with Gasteiger partial charge in [0.15, 0.2) is 11.5 Å². The van der Waals surface area contributed by atoms with E-state index in [1.54, 1.807) is 0 Å². The molecule has 2 atom stereocenters. The van der Waals surface area contributed by atoms with Crippen molar-refractivity contribution in [3.8, 4) is 11.5 Å². The highest BCUT2D eigenvalue weighted by Gasteiger charge is 2.20. The van der Waals surface area contributed by atoms with Crippen LogP contribution in [0.5, 0.6) is 11.5 Å². The number of fused-ring (bicyclic) bond motifs is 2. The molecule has 1 aromatic heterocycles. The number of nitrogens with one attached hydrogen (secondary N) is 1. The molecule has 3 heterocycles. The van der Waals surface area contributed by atoms with Gasteiger partial charge in [-0.05, 0) is 43.5 Å². The Morgan fingerprint density at radius 1 is 1.30 bits per heavy atom. The highest BCUT2D eigenvalue weighted by atomic mass is 16.6. The highest BCUT2D eigenvalue weighted by molar-refractivity contribution is 5.44. The summed E-state index contributed by atoms with van der Waals surface area (Å²) in [7, 11) is 0. The number of rotatable bonds is 4. The normalized spacial score (nSPS) is 20.8. The number of ether oxygens (including phenoxy) is 2. The number of nitrogens with zero attached hydrogens (tertiary/aromatic N) is 2. The molecule has 4 rings (SSSR count). The Balaban J connectivity index is 1.36. The molecule has 1 aromatic carbocycles. The number of hydrogen-bond donors (Lipinski definition) is 1. The monoisotopic (exact) mass is 313 g/mol. The van der Waals surface area contributed by atoms with E-state index >= 15 is 0 Å². The van der Waals surface area contributed by atoms with Crippen LogP contribution in [0.3, 0.4) is 0 Å². The van der Waals surface area contributed by atoms with Crippen LogP contribution in [-0.2, 0) is 13.0 Å². The van der Waals surface area contributed by atoms with Crippen molar-refractivity contribution in [2.45, 2.75) is 32.4 Å². The molecule has 0 aliphatic carbocycles. The van der Waals surface area contributed by atoms with Crippen molar-refractivity contribution < 1.29 is 9.47 Å². The van der Waals surface area contributed by atoms with Crippen LogP contribution in [0.1, 0.15) is 30.8 Å². The maximum Gasteiger partial charge on any atom is 0.161 e. The smallest absolute Gasteiger partial charge is 0.161 e. The molecule has 5 nitrogen and oxygen atoms in total. The van der Waals surface area contributed by atoms with Crippen LogP contribution in [0.25, 0.3) is 0 Å². The third-order valence-corrected chi connectivity index (χ3v) is 4.83. The summed E-state index contributed by atoms with van der Waals surface area (Å²) in [6, 6.07) is 6.53. The van der Waals surface area contributed by atoms with E-state index in [2.05, 4.69) is 40.1 Å². The van der Waals surface area contributed by atoms with Gasteiger partial charge in [-0.3, -0.25) is 0 Å². The van der Waals surface area contributed by atoms with Crippen molar-refractivity contribution in [2.24, 2.45) is 5.92 Å². The molecule has 0 saturated heterocycles. The Morgan fingerprint density at radius 3 is 3.09 bits per heavy atom. The van der Waals surface area contributed by atoms with Crippen molar-refractivity contribution in [1.29, 1.82) is 0 Å². The highest BCUT2D eigenvalue weighted by Crippen LogP contribution is 2.32. The lowest BCUT2D eigenvalue weighted by Crippen LogP contribution is -2.31. The molecule has 2 aliphatic heterocycles. The third-order valence-electron chi connectivity index (χ3n) is 4.83. The van der Waals surface area contributed by atoms with Gasteiger partial charge in [0.2, 0.25) is 0 Å². The van der Waals surface area contributed by atoms with E-state index in [0.717, 1.165) is 31.0 Å². The van der Waals surface area contributed by atoms with Gasteiger partial charge >= 0.3 is 0 Å². The predicted octanol–water partition coefficient (Wildman–Crippen LogP) is 2.57. The Morgan fingerprint density at radius 2 is 2.17 bits per heavy atom. The molecule has 2 unspecified atom stereocenters.